The molecular formula is C13H19N5O. The van der Waals surface area contributed by atoms with Crippen molar-refractivity contribution in [3.8, 4) is 0 Å². The minimum atomic E-state index is -0.0224. The highest BCUT2D eigenvalue weighted by Crippen LogP contribution is 2.22. The van der Waals surface area contributed by atoms with Crippen molar-refractivity contribution in [1.29, 1.82) is 0 Å². The zero-order chi connectivity index (χ0) is 13.2. The summed E-state index contributed by atoms with van der Waals surface area (Å²) in [6.45, 7) is 2.27. The molecule has 0 radical (unpaired) electrons. The zero-order valence-electron chi connectivity index (χ0n) is 10.9. The third kappa shape index (κ3) is 2.40. The first-order chi connectivity index (χ1) is 9.25. The average Bonchev–Trinajstić information content (AvgIpc) is 2.82. The molecule has 2 aliphatic heterocycles. The molecule has 2 fully saturated rings. The van der Waals surface area contributed by atoms with Crippen molar-refractivity contribution in [2.75, 3.05) is 24.5 Å². The molecule has 0 aliphatic carbocycles. The lowest BCUT2D eigenvalue weighted by molar-refractivity contribution is -0.135. The summed E-state index contributed by atoms with van der Waals surface area (Å²) in [7, 11) is 0. The van der Waals surface area contributed by atoms with Crippen LogP contribution in [0.5, 0.6) is 0 Å². The van der Waals surface area contributed by atoms with Crippen LogP contribution in [0.15, 0.2) is 18.5 Å². The monoisotopic (exact) mass is 261 g/mol. The van der Waals surface area contributed by atoms with Crippen LogP contribution in [0.1, 0.15) is 19.3 Å². The Kier molecular flexibility index (Phi) is 3.33. The Balaban J connectivity index is 1.73. The number of likely N-dealkylation sites (tertiary alicyclic amines) is 1. The van der Waals surface area contributed by atoms with Gasteiger partial charge in [0.2, 0.25) is 11.9 Å². The zero-order valence-corrected chi connectivity index (χ0v) is 10.9. The molecule has 6 nitrogen and oxygen atoms in total. The molecule has 2 saturated heterocycles. The van der Waals surface area contributed by atoms with Crippen molar-refractivity contribution in [2.24, 2.45) is 5.73 Å². The predicted octanol–water partition coefficient (Wildman–Crippen LogP) is 0.00500. The van der Waals surface area contributed by atoms with Crippen molar-refractivity contribution in [1.82, 2.24) is 14.9 Å². The molecule has 0 aromatic carbocycles. The fourth-order valence-electron chi connectivity index (χ4n) is 2.94. The Morgan fingerprint density at radius 3 is 2.74 bits per heavy atom. The van der Waals surface area contributed by atoms with Gasteiger partial charge >= 0.3 is 0 Å². The molecule has 0 bridgehead atoms. The van der Waals surface area contributed by atoms with E-state index in [0.717, 1.165) is 25.9 Å². The van der Waals surface area contributed by atoms with Gasteiger partial charge in [0.05, 0.1) is 6.04 Å². The summed E-state index contributed by atoms with van der Waals surface area (Å²) in [6, 6.07) is 1.87. The van der Waals surface area contributed by atoms with E-state index in [9.17, 15) is 4.79 Å². The summed E-state index contributed by atoms with van der Waals surface area (Å²) in [4.78, 5) is 24.5. The van der Waals surface area contributed by atoms with E-state index in [2.05, 4.69) is 14.9 Å². The maximum absolute atomic E-state index is 12.0. The molecule has 102 valence electrons. The molecule has 1 amide bonds. The Labute approximate surface area is 112 Å². The molecule has 3 heterocycles. The fraction of sp³-hybridized carbons (Fsp3) is 0.615. The lowest BCUT2D eigenvalue weighted by atomic mass is 10.1. The molecule has 0 spiro atoms. The average molecular weight is 261 g/mol. The highest BCUT2D eigenvalue weighted by molar-refractivity contribution is 5.77. The number of rotatable bonds is 2. The second kappa shape index (κ2) is 5.13. The minimum absolute atomic E-state index is 0.0224. The van der Waals surface area contributed by atoms with Gasteiger partial charge in [0.25, 0.3) is 0 Å². The van der Waals surface area contributed by atoms with E-state index in [-0.39, 0.29) is 18.0 Å². The van der Waals surface area contributed by atoms with E-state index in [0.29, 0.717) is 18.9 Å². The lowest BCUT2D eigenvalue weighted by Gasteiger charge is -2.34. The van der Waals surface area contributed by atoms with Crippen LogP contribution in [-0.4, -0.2) is 52.5 Å². The molecule has 0 unspecified atom stereocenters. The van der Waals surface area contributed by atoms with Gasteiger partial charge in [-0.2, -0.15) is 0 Å². The van der Waals surface area contributed by atoms with Gasteiger partial charge in [-0.05, 0) is 18.9 Å². The van der Waals surface area contributed by atoms with E-state index in [1.165, 1.54) is 0 Å². The summed E-state index contributed by atoms with van der Waals surface area (Å²) in [5.41, 5.74) is 6.21. The fourth-order valence-corrected chi connectivity index (χ4v) is 2.94. The van der Waals surface area contributed by atoms with E-state index < -0.39 is 0 Å². The maximum Gasteiger partial charge on any atom is 0.225 e. The van der Waals surface area contributed by atoms with Crippen molar-refractivity contribution in [3.05, 3.63) is 18.5 Å². The van der Waals surface area contributed by atoms with Crippen LogP contribution in [0.2, 0.25) is 0 Å². The Morgan fingerprint density at radius 2 is 2.00 bits per heavy atom. The number of amides is 1. The van der Waals surface area contributed by atoms with Gasteiger partial charge in [0, 0.05) is 44.5 Å². The molecule has 1 aromatic rings. The van der Waals surface area contributed by atoms with Gasteiger partial charge < -0.3 is 15.5 Å². The highest BCUT2D eigenvalue weighted by Gasteiger charge is 2.38. The largest absolute Gasteiger partial charge is 0.337 e. The maximum atomic E-state index is 12.0. The summed E-state index contributed by atoms with van der Waals surface area (Å²) in [6.07, 6.45) is 6.20. The number of aromatic nitrogens is 2. The molecule has 6 heteroatoms. The van der Waals surface area contributed by atoms with Crippen LogP contribution in [0.4, 0.5) is 5.95 Å². The molecule has 3 rings (SSSR count). The third-order valence-electron chi connectivity index (χ3n) is 3.93. The molecular weight excluding hydrogens is 242 g/mol. The molecule has 2 aliphatic rings. The van der Waals surface area contributed by atoms with Gasteiger partial charge in [-0.1, -0.05) is 0 Å². The number of carbonyl (C=O) groups excluding carboxylic acids is 1. The number of hydrogen-bond donors (Lipinski definition) is 1. The van der Waals surface area contributed by atoms with Crippen LogP contribution in [0.3, 0.4) is 0 Å². The third-order valence-corrected chi connectivity index (χ3v) is 3.93. The number of anilines is 1. The normalized spacial score (nSPS) is 27.9. The number of nitrogens with two attached hydrogens (primary N) is 1. The molecule has 2 N–H and O–H groups in total. The first-order valence-electron chi connectivity index (χ1n) is 6.83. The SMILES string of the molecule is N[C@H]1CN(c2ncccn2)C[C@@H]1N1CCCCC1=O. The van der Waals surface area contributed by atoms with Crippen LogP contribution in [0.25, 0.3) is 0 Å². The first kappa shape index (κ1) is 12.3. The van der Waals surface area contributed by atoms with E-state index in [1.807, 2.05) is 4.90 Å². The van der Waals surface area contributed by atoms with Gasteiger partial charge in [-0.25, -0.2) is 9.97 Å². The standard InChI is InChI=1S/C13H19N5O/c14-10-8-17(13-15-5-3-6-16-13)9-11(10)18-7-2-1-4-12(18)19/h3,5-6,10-11H,1-2,4,7-9,14H2/t10-,11-/m0/s1. The Hall–Kier alpha value is -1.69. The lowest BCUT2D eigenvalue weighted by Crippen LogP contribution is -2.51. The van der Waals surface area contributed by atoms with Crippen LogP contribution in [0, 0.1) is 0 Å². The number of nitrogens with zero attached hydrogens (tertiary/aromatic N) is 4. The number of piperidine rings is 1. The molecule has 0 saturated carbocycles. The van der Waals surface area contributed by atoms with Gasteiger partial charge in [0.15, 0.2) is 0 Å². The highest BCUT2D eigenvalue weighted by atomic mass is 16.2. The first-order valence-corrected chi connectivity index (χ1v) is 6.83. The Morgan fingerprint density at radius 1 is 1.21 bits per heavy atom. The summed E-state index contributed by atoms with van der Waals surface area (Å²) in [5.74, 6) is 0.937. The van der Waals surface area contributed by atoms with Gasteiger partial charge in [-0.3, -0.25) is 4.79 Å². The van der Waals surface area contributed by atoms with E-state index in [4.69, 9.17) is 5.73 Å². The quantitative estimate of drug-likeness (QED) is 0.811. The number of carbonyl (C=O) groups is 1. The summed E-state index contributed by atoms with van der Waals surface area (Å²) < 4.78 is 0. The van der Waals surface area contributed by atoms with Crippen LogP contribution >= 0.6 is 0 Å². The molecule has 1 aromatic heterocycles. The van der Waals surface area contributed by atoms with Crippen LogP contribution < -0.4 is 10.6 Å². The van der Waals surface area contributed by atoms with Gasteiger partial charge in [0.1, 0.15) is 0 Å². The second-order valence-corrected chi connectivity index (χ2v) is 5.23. The van der Waals surface area contributed by atoms with Gasteiger partial charge in [-0.15, -0.1) is 0 Å². The number of hydrogen-bond acceptors (Lipinski definition) is 5. The van der Waals surface area contributed by atoms with Crippen molar-refractivity contribution >= 4 is 11.9 Å². The van der Waals surface area contributed by atoms with Crippen molar-refractivity contribution < 1.29 is 4.79 Å². The van der Waals surface area contributed by atoms with Crippen molar-refractivity contribution in [2.45, 2.75) is 31.3 Å². The summed E-state index contributed by atoms with van der Waals surface area (Å²) in [5, 5.41) is 0. The Bertz CT molecular complexity index is 452. The second-order valence-electron chi connectivity index (χ2n) is 5.23. The van der Waals surface area contributed by atoms with E-state index >= 15 is 0 Å². The van der Waals surface area contributed by atoms with E-state index in [1.54, 1.807) is 18.5 Å². The molecule has 19 heavy (non-hydrogen) atoms. The smallest absolute Gasteiger partial charge is 0.225 e. The molecule has 2 atom stereocenters. The summed E-state index contributed by atoms with van der Waals surface area (Å²) >= 11 is 0. The minimum Gasteiger partial charge on any atom is -0.337 e. The predicted molar refractivity (Wildman–Crippen MR) is 71.6 cm³/mol. The van der Waals surface area contributed by atoms with Crippen LogP contribution in [-0.2, 0) is 4.79 Å². The topological polar surface area (TPSA) is 75.3 Å². The van der Waals surface area contributed by atoms with Crippen molar-refractivity contribution in [3.63, 3.8) is 0 Å².